The van der Waals surface area contributed by atoms with Crippen LogP contribution in [0.4, 0.5) is 0 Å². The van der Waals surface area contributed by atoms with Gasteiger partial charge in [0, 0.05) is 30.8 Å². The molecule has 0 radical (unpaired) electrons. The molecular formula is C12H20N4O3. The van der Waals surface area contributed by atoms with Crippen molar-refractivity contribution in [2.75, 3.05) is 0 Å². The Morgan fingerprint density at radius 1 is 1.58 bits per heavy atom. The lowest BCUT2D eigenvalue weighted by atomic mass is 10.1. The number of carbonyl (C=O) groups is 2. The number of rotatable bonds is 8. The third-order valence-corrected chi connectivity index (χ3v) is 2.72. The quantitative estimate of drug-likeness (QED) is 0.530. The van der Waals surface area contributed by atoms with Crippen molar-refractivity contribution < 1.29 is 14.7 Å². The van der Waals surface area contributed by atoms with Crippen molar-refractivity contribution in [3.05, 3.63) is 18.2 Å². The molecule has 0 aliphatic rings. The van der Waals surface area contributed by atoms with Crippen LogP contribution in [0, 0.1) is 0 Å². The van der Waals surface area contributed by atoms with Crippen LogP contribution in [0.5, 0.6) is 0 Å². The van der Waals surface area contributed by atoms with E-state index in [1.54, 1.807) is 0 Å². The summed E-state index contributed by atoms with van der Waals surface area (Å²) in [4.78, 5) is 29.4. The van der Waals surface area contributed by atoms with E-state index in [2.05, 4.69) is 15.3 Å². The lowest BCUT2D eigenvalue weighted by Crippen LogP contribution is -2.44. The van der Waals surface area contributed by atoms with Crippen molar-refractivity contribution in [2.24, 2.45) is 5.73 Å². The number of carboxylic acids is 1. The third kappa shape index (κ3) is 5.52. The SMILES string of the molecule is CCCC(N)CC(=O)N[C@H](Cc1cnc[nH]1)C(=O)O. The highest BCUT2D eigenvalue weighted by Crippen LogP contribution is 2.02. The summed E-state index contributed by atoms with van der Waals surface area (Å²) in [5.41, 5.74) is 6.41. The van der Waals surface area contributed by atoms with Gasteiger partial charge in [-0.05, 0) is 6.42 Å². The summed E-state index contributed by atoms with van der Waals surface area (Å²) in [6.07, 6.45) is 4.94. The maximum absolute atomic E-state index is 11.7. The molecule has 19 heavy (non-hydrogen) atoms. The summed E-state index contributed by atoms with van der Waals surface area (Å²) < 4.78 is 0. The first-order valence-electron chi connectivity index (χ1n) is 6.28. The fourth-order valence-corrected chi connectivity index (χ4v) is 1.78. The minimum Gasteiger partial charge on any atom is -0.480 e. The molecule has 0 fully saturated rings. The number of nitrogens with one attached hydrogen (secondary N) is 2. The van der Waals surface area contributed by atoms with E-state index in [1.807, 2.05) is 6.92 Å². The van der Waals surface area contributed by atoms with E-state index in [0.717, 1.165) is 12.8 Å². The fourth-order valence-electron chi connectivity index (χ4n) is 1.78. The van der Waals surface area contributed by atoms with Crippen LogP contribution in [0.1, 0.15) is 31.9 Å². The minimum atomic E-state index is -1.08. The number of nitrogens with two attached hydrogens (primary N) is 1. The largest absolute Gasteiger partial charge is 0.480 e. The second kappa shape index (κ2) is 7.52. The predicted molar refractivity (Wildman–Crippen MR) is 69.4 cm³/mol. The van der Waals surface area contributed by atoms with E-state index in [-0.39, 0.29) is 24.8 Å². The normalized spacial score (nSPS) is 13.8. The molecular weight excluding hydrogens is 248 g/mol. The molecule has 2 atom stereocenters. The second-order valence-corrected chi connectivity index (χ2v) is 4.49. The van der Waals surface area contributed by atoms with Gasteiger partial charge in [0.1, 0.15) is 6.04 Å². The van der Waals surface area contributed by atoms with Gasteiger partial charge in [-0.25, -0.2) is 9.78 Å². The Labute approximate surface area is 111 Å². The predicted octanol–water partition coefficient (Wildman–Crippen LogP) is 0.0391. The Hall–Kier alpha value is -1.89. The van der Waals surface area contributed by atoms with Gasteiger partial charge in [-0.3, -0.25) is 4.79 Å². The molecule has 0 bridgehead atoms. The first-order valence-corrected chi connectivity index (χ1v) is 6.28. The van der Waals surface area contributed by atoms with Gasteiger partial charge in [-0.15, -0.1) is 0 Å². The van der Waals surface area contributed by atoms with Crippen LogP contribution in [0.25, 0.3) is 0 Å². The summed E-state index contributed by atoms with van der Waals surface area (Å²) in [6, 6.07) is -1.20. The third-order valence-electron chi connectivity index (χ3n) is 2.72. The van der Waals surface area contributed by atoms with Gasteiger partial charge in [0.15, 0.2) is 0 Å². The number of hydrogen-bond donors (Lipinski definition) is 4. The zero-order valence-corrected chi connectivity index (χ0v) is 10.9. The topological polar surface area (TPSA) is 121 Å². The molecule has 0 aliphatic heterocycles. The summed E-state index contributed by atoms with van der Waals surface area (Å²) in [7, 11) is 0. The number of aromatic nitrogens is 2. The van der Waals surface area contributed by atoms with Gasteiger partial charge in [-0.2, -0.15) is 0 Å². The molecule has 1 amide bonds. The van der Waals surface area contributed by atoms with E-state index in [9.17, 15) is 9.59 Å². The van der Waals surface area contributed by atoms with Crippen molar-refractivity contribution in [1.29, 1.82) is 0 Å². The van der Waals surface area contributed by atoms with E-state index < -0.39 is 12.0 Å². The standard InChI is InChI=1S/C12H20N4O3/c1-2-3-8(13)4-11(17)16-10(12(18)19)5-9-6-14-7-15-9/h6-8,10H,2-5,13H2,1H3,(H,14,15)(H,16,17)(H,18,19)/t8?,10-/m1/s1. The summed E-state index contributed by atoms with van der Waals surface area (Å²) >= 11 is 0. The van der Waals surface area contributed by atoms with E-state index in [0.29, 0.717) is 5.69 Å². The van der Waals surface area contributed by atoms with Gasteiger partial charge < -0.3 is 21.1 Å². The van der Waals surface area contributed by atoms with Crippen LogP contribution in [-0.2, 0) is 16.0 Å². The molecule has 106 valence electrons. The van der Waals surface area contributed by atoms with Gasteiger partial charge in [-0.1, -0.05) is 13.3 Å². The number of aromatic amines is 1. The van der Waals surface area contributed by atoms with E-state index in [4.69, 9.17) is 10.8 Å². The molecule has 1 unspecified atom stereocenters. The highest BCUT2D eigenvalue weighted by Gasteiger charge is 2.21. The second-order valence-electron chi connectivity index (χ2n) is 4.49. The van der Waals surface area contributed by atoms with Crippen LogP contribution in [0.2, 0.25) is 0 Å². The van der Waals surface area contributed by atoms with Crippen molar-refractivity contribution in [3.8, 4) is 0 Å². The smallest absolute Gasteiger partial charge is 0.326 e. The Bertz CT molecular complexity index is 405. The Morgan fingerprint density at radius 3 is 2.84 bits per heavy atom. The molecule has 0 saturated carbocycles. The maximum Gasteiger partial charge on any atom is 0.326 e. The number of imidazole rings is 1. The summed E-state index contributed by atoms with van der Waals surface area (Å²) in [5.74, 6) is -1.42. The van der Waals surface area contributed by atoms with Gasteiger partial charge in [0.05, 0.1) is 6.33 Å². The van der Waals surface area contributed by atoms with Gasteiger partial charge in [0.25, 0.3) is 0 Å². The molecule has 0 saturated heterocycles. The highest BCUT2D eigenvalue weighted by molar-refractivity contribution is 5.84. The van der Waals surface area contributed by atoms with Crippen LogP contribution in [0.15, 0.2) is 12.5 Å². The van der Waals surface area contributed by atoms with Crippen LogP contribution in [-0.4, -0.2) is 39.0 Å². The van der Waals surface area contributed by atoms with Gasteiger partial charge >= 0.3 is 5.97 Å². The lowest BCUT2D eigenvalue weighted by molar-refractivity contribution is -0.141. The Kier molecular flexibility index (Phi) is 6.01. The van der Waals surface area contributed by atoms with Crippen molar-refractivity contribution in [3.63, 3.8) is 0 Å². The van der Waals surface area contributed by atoms with Crippen LogP contribution in [0.3, 0.4) is 0 Å². The first kappa shape index (κ1) is 15.2. The van der Waals surface area contributed by atoms with Crippen molar-refractivity contribution in [2.45, 2.75) is 44.7 Å². The molecule has 5 N–H and O–H groups in total. The number of carboxylic acid groups (broad SMARTS) is 1. The molecule has 7 nitrogen and oxygen atoms in total. The molecule has 0 aliphatic carbocycles. The zero-order chi connectivity index (χ0) is 14.3. The molecule has 0 aromatic carbocycles. The maximum atomic E-state index is 11.7. The lowest BCUT2D eigenvalue weighted by Gasteiger charge is -2.15. The minimum absolute atomic E-state index is 0.139. The van der Waals surface area contributed by atoms with Crippen LogP contribution < -0.4 is 11.1 Å². The average molecular weight is 268 g/mol. The van der Waals surface area contributed by atoms with Crippen molar-refractivity contribution in [1.82, 2.24) is 15.3 Å². The number of hydrogen-bond acceptors (Lipinski definition) is 4. The summed E-state index contributed by atoms with van der Waals surface area (Å²) in [5, 5.41) is 11.6. The molecule has 1 aromatic heterocycles. The van der Waals surface area contributed by atoms with Crippen molar-refractivity contribution >= 4 is 11.9 Å². The van der Waals surface area contributed by atoms with E-state index in [1.165, 1.54) is 12.5 Å². The molecule has 1 rings (SSSR count). The number of nitrogens with zero attached hydrogens (tertiary/aromatic N) is 1. The number of carbonyl (C=O) groups excluding carboxylic acids is 1. The van der Waals surface area contributed by atoms with E-state index >= 15 is 0 Å². The highest BCUT2D eigenvalue weighted by atomic mass is 16.4. The Morgan fingerprint density at radius 2 is 2.32 bits per heavy atom. The number of H-pyrrole nitrogens is 1. The monoisotopic (exact) mass is 268 g/mol. The zero-order valence-electron chi connectivity index (χ0n) is 10.9. The Balaban J connectivity index is 2.49. The molecule has 1 heterocycles. The average Bonchev–Trinajstić information content (AvgIpc) is 2.80. The first-order chi connectivity index (χ1) is 9.02. The van der Waals surface area contributed by atoms with Crippen LogP contribution >= 0.6 is 0 Å². The number of aliphatic carboxylic acids is 1. The molecule has 7 heteroatoms. The summed E-state index contributed by atoms with van der Waals surface area (Å²) in [6.45, 7) is 1.98. The van der Waals surface area contributed by atoms with Gasteiger partial charge in [0.2, 0.25) is 5.91 Å². The number of amides is 1. The molecule has 0 spiro atoms. The molecule has 1 aromatic rings. The fraction of sp³-hybridized carbons (Fsp3) is 0.583.